The maximum absolute atomic E-state index is 13.3. The van der Waals surface area contributed by atoms with Gasteiger partial charge in [-0.1, -0.05) is 309 Å². The number of carbonyl (C=O) groups is 1. The Hall–Kier alpha value is -1.47. The van der Waals surface area contributed by atoms with Gasteiger partial charge in [-0.05, 0) is 19.3 Å². The number of rotatable bonds is 61. The van der Waals surface area contributed by atoms with E-state index in [2.05, 4.69) is 19.2 Å². The van der Waals surface area contributed by atoms with E-state index in [0.29, 0.717) is 6.42 Å². The predicted octanol–water partition coefficient (Wildman–Crippen LogP) is 11.6. The van der Waals surface area contributed by atoms with Crippen LogP contribution < -0.4 is 5.32 Å². The van der Waals surface area contributed by atoms with Crippen molar-refractivity contribution in [2.45, 2.75) is 426 Å². The van der Waals surface area contributed by atoms with E-state index in [0.717, 1.165) is 51.4 Å². The quantitative estimate of drug-likeness (QED) is 0.0199. The summed E-state index contributed by atoms with van der Waals surface area (Å²) >= 11 is 0. The van der Waals surface area contributed by atoms with E-state index in [1.807, 2.05) is 6.08 Å². The first-order valence-corrected chi connectivity index (χ1v) is 38.4. The Morgan fingerprint density at radius 3 is 1.01 bits per heavy atom. The first-order chi connectivity index (χ1) is 45.3. The van der Waals surface area contributed by atoms with Crippen LogP contribution in [0, 0.1) is 0 Å². The van der Waals surface area contributed by atoms with E-state index in [1.54, 1.807) is 6.08 Å². The number of allylic oxidation sites excluding steroid dienone is 1. The molecule has 0 saturated carbocycles. The minimum Gasteiger partial charge on any atom is -0.394 e. The number of hydrogen-bond acceptors (Lipinski definition) is 18. The normalized spacial score (nSPS) is 27.5. The molecule has 3 aliphatic rings. The molecule has 3 heterocycles. The molecule has 17 atom stereocenters. The van der Waals surface area contributed by atoms with Crippen molar-refractivity contribution in [3.05, 3.63) is 12.2 Å². The van der Waals surface area contributed by atoms with Gasteiger partial charge in [0.25, 0.3) is 0 Å². The maximum Gasteiger partial charge on any atom is 0.220 e. The number of aliphatic hydroxyl groups excluding tert-OH is 11. The second-order valence-corrected chi connectivity index (χ2v) is 27.8. The Kier molecular flexibility index (Phi) is 51.9. The minimum absolute atomic E-state index is 0.249. The highest BCUT2D eigenvalue weighted by molar-refractivity contribution is 5.76. The summed E-state index contributed by atoms with van der Waals surface area (Å²) in [4.78, 5) is 13.3. The highest BCUT2D eigenvalue weighted by Crippen LogP contribution is 2.33. The van der Waals surface area contributed by atoms with Crippen LogP contribution in [0.4, 0.5) is 0 Å². The Bertz CT molecular complexity index is 1730. The van der Waals surface area contributed by atoms with E-state index in [1.165, 1.54) is 244 Å². The molecule has 0 spiro atoms. The zero-order valence-corrected chi connectivity index (χ0v) is 58.5. The number of hydrogen-bond donors (Lipinski definition) is 12. The van der Waals surface area contributed by atoms with Crippen LogP contribution in [-0.2, 0) is 33.2 Å². The largest absolute Gasteiger partial charge is 0.394 e. The molecular weight excluding hydrogens is 1190 g/mol. The standard InChI is InChI=1S/C74H141NO18/c1-3-5-7-9-11-13-14-15-16-17-18-19-20-21-22-23-24-25-26-27-28-29-30-31-32-33-34-35-36-37-38-39-40-41-42-43-44-46-48-50-52-62(80)75-57(58(79)51-49-47-45-12-10-8-6-4-2)56-88-72-68(86)65(83)70(60(54-77)90-72)93-74-69(87)66(84)71(61(55-78)91-74)92-73-67(85)64(82)63(81)59(53-76)89-73/h49,51,57-61,63-74,76-79,81-87H,3-48,50,52-56H2,1-2H3,(H,75,80)/b51-49+. The van der Waals surface area contributed by atoms with Crippen molar-refractivity contribution in [1.29, 1.82) is 0 Å². The number of ether oxygens (including phenoxy) is 6. The summed E-state index contributed by atoms with van der Waals surface area (Å²) in [6.45, 7) is 1.71. The third kappa shape index (κ3) is 37.5. The molecule has 0 radical (unpaired) electrons. The number of unbranched alkanes of at least 4 members (excludes halogenated alkanes) is 45. The summed E-state index contributed by atoms with van der Waals surface area (Å²) in [5.74, 6) is -0.272. The summed E-state index contributed by atoms with van der Waals surface area (Å²) in [6.07, 6.45) is 38.7. The second kappa shape index (κ2) is 56.3. The molecule has 3 rings (SSSR count). The van der Waals surface area contributed by atoms with Crippen LogP contribution in [0.1, 0.15) is 322 Å². The summed E-state index contributed by atoms with van der Waals surface area (Å²) in [5.41, 5.74) is 0. The molecule has 0 aliphatic carbocycles. The van der Waals surface area contributed by atoms with Crippen molar-refractivity contribution in [2.24, 2.45) is 0 Å². The number of amides is 1. The van der Waals surface area contributed by atoms with E-state index in [9.17, 15) is 61.0 Å². The third-order valence-electron chi connectivity index (χ3n) is 19.6. The van der Waals surface area contributed by atoms with Crippen molar-refractivity contribution >= 4 is 5.91 Å². The lowest BCUT2D eigenvalue weighted by atomic mass is 9.96. The molecule has 3 fully saturated rings. The van der Waals surface area contributed by atoms with E-state index >= 15 is 0 Å². The Morgan fingerprint density at radius 2 is 0.667 bits per heavy atom. The molecule has 19 nitrogen and oxygen atoms in total. The number of aliphatic hydroxyl groups is 11. The smallest absolute Gasteiger partial charge is 0.220 e. The molecule has 19 heteroatoms. The molecule has 1 amide bonds. The van der Waals surface area contributed by atoms with Gasteiger partial charge in [0.05, 0.1) is 38.6 Å². The lowest BCUT2D eigenvalue weighted by molar-refractivity contribution is -0.379. The molecule has 12 N–H and O–H groups in total. The van der Waals surface area contributed by atoms with Crippen LogP contribution in [0.5, 0.6) is 0 Å². The summed E-state index contributed by atoms with van der Waals surface area (Å²) < 4.78 is 34.3. The molecule has 0 aromatic heterocycles. The van der Waals surface area contributed by atoms with Gasteiger partial charge in [0, 0.05) is 6.42 Å². The fourth-order valence-electron chi connectivity index (χ4n) is 13.4. The third-order valence-corrected chi connectivity index (χ3v) is 19.6. The minimum atomic E-state index is -1.97. The van der Waals surface area contributed by atoms with Gasteiger partial charge in [0.2, 0.25) is 5.91 Å². The molecule has 0 bridgehead atoms. The second-order valence-electron chi connectivity index (χ2n) is 27.8. The Labute approximate surface area is 563 Å². The van der Waals surface area contributed by atoms with Gasteiger partial charge >= 0.3 is 0 Å². The fourth-order valence-corrected chi connectivity index (χ4v) is 13.4. The van der Waals surface area contributed by atoms with Crippen LogP contribution in [-0.4, -0.2) is 193 Å². The van der Waals surface area contributed by atoms with E-state index in [4.69, 9.17) is 28.4 Å². The van der Waals surface area contributed by atoms with Gasteiger partial charge in [0.15, 0.2) is 18.9 Å². The number of nitrogens with one attached hydrogen (secondary N) is 1. The van der Waals surface area contributed by atoms with Crippen molar-refractivity contribution in [2.75, 3.05) is 26.4 Å². The average molecular weight is 1330 g/mol. The molecule has 3 aliphatic heterocycles. The average Bonchev–Trinajstić information content (AvgIpc) is 0.797. The van der Waals surface area contributed by atoms with Crippen LogP contribution in [0.15, 0.2) is 12.2 Å². The maximum atomic E-state index is 13.3. The number of carbonyl (C=O) groups excluding carboxylic acids is 1. The highest BCUT2D eigenvalue weighted by Gasteiger charge is 2.53. The molecule has 0 aromatic carbocycles. The molecule has 550 valence electrons. The van der Waals surface area contributed by atoms with E-state index in [-0.39, 0.29) is 18.9 Å². The van der Waals surface area contributed by atoms with Gasteiger partial charge in [0.1, 0.15) is 73.2 Å². The Morgan fingerprint density at radius 1 is 0.376 bits per heavy atom. The molecule has 93 heavy (non-hydrogen) atoms. The van der Waals surface area contributed by atoms with Gasteiger partial charge in [-0.3, -0.25) is 4.79 Å². The van der Waals surface area contributed by atoms with Gasteiger partial charge in [-0.15, -0.1) is 0 Å². The summed E-state index contributed by atoms with van der Waals surface area (Å²) in [5, 5.41) is 120. The van der Waals surface area contributed by atoms with Crippen LogP contribution in [0.25, 0.3) is 0 Å². The molecule has 0 aromatic rings. The van der Waals surface area contributed by atoms with Gasteiger partial charge < -0.3 is 89.9 Å². The first-order valence-electron chi connectivity index (χ1n) is 38.4. The Balaban J connectivity index is 1.22. The zero-order valence-electron chi connectivity index (χ0n) is 58.5. The van der Waals surface area contributed by atoms with Crippen molar-refractivity contribution < 1.29 is 89.4 Å². The van der Waals surface area contributed by atoms with Crippen LogP contribution >= 0.6 is 0 Å². The molecular formula is C74H141NO18. The lowest BCUT2D eigenvalue weighted by Crippen LogP contribution is -2.66. The summed E-state index contributed by atoms with van der Waals surface area (Å²) in [7, 11) is 0. The monoisotopic (exact) mass is 1330 g/mol. The van der Waals surface area contributed by atoms with Crippen LogP contribution in [0.2, 0.25) is 0 Å². The zero-order chi connectivity index (χ0) is 67.5. The molecule has 17 unspecified atom stereocenters. The topological polar surface area (TPSA) is 307 Å². The fraction of sp³-hybridized carbons (Fsp3) is 0.959. The SMILES string of the molecule is CCCCCCCC/C=C/C(O)C(COC1OC(CO)C(OC2OC(CO)C(OC3OC(CO)C(O)C(O)C3O)C(O)C2O)C(O)C1O)NC(=O)CCCCCCCCCCCCCCCCCCCCCCCCCCCCCCCCCCCCCCCCCC. The summed E-state index contributed by atoms with van der Waals surface area (Å²) in [6, 6.07) is -0.966. The predicted molar refractivity (Wildman–Crippen MR) is 365 cm³/mol. The van der Waals surface area contributed by atoms with Gasteiger partial charge in [-0.2, -0.15) is 0 Å². The lowest BCUT2D eigenvalue weighted by Gasteiger charge is -2.48. The van der Waals surface area contributed by atoms with Crippen molar-refractivity contribution in [3.63, 3.8) is 0 Å². The van der Waals surface area contributed by atoms with Crippen molar-refractivity contribution in [1.82, 2.24) is 5.32 Å². The van der Waals surface area contributed by atoms with Crippen LogP contribution in [0.3, 0.4) is 0 Å². The molecule has 3 saturated heterocycles. The van der Waals surface area contributed by atoms with Gasteiger partial charge in [-0.25, -0.2) is 0 Å². The van der Waals surface area contributed by atoms with Crippen molar-refractivity contribution in [3.8, 4) is 0 Å². The van der Waals surface area contributed by atoms with E-state index < -0.39 is 124 Å². The highest BCUT2D eigenvalue weighted by atomic mass is 16.8. The first kappa shape index (κ1) is 85.8.